The Labute approximate surface area is 110 Å². The lowest BCUT2D eigenvalue weighted by Gasteiger charge is -2.06. The maximum absolute atomic E-state index is 12.4. The van der Waals surface area contributed by atoms with Gasteiger partial charge in [0.1, 0.15) is 5.75 Å². The van der Waals surface area contributed by atoms with Crippen molar-refractivity contribution in [1.29, 1.82) is 0 Å². The molecule has 0 fully saturated rings. The van der Waals surface area contributed by atoms with Crippen molar-refractivity contribution in [2.75, 3.05) is 0 Å². The molecule has 0 saturated carbocycles. The number of hydrogen-bond acceptors (Lipinski definition) is 4. The lowest BCUT2D eigenvalue weighted by Crippen LogP contribution is -2.06. The molecule has 5 nitrogen and oxygen atoms in total. The Hall–Kier alpha value is -2.64. The van der Waals surface area contributed by atoms with Crippen molar-refractivity contribution in [3.05, 3.63) is 42.5 Å². The Morgan fingerprint density at radius 1 is 1.05 bits per heavy atom. The Morgan fingerprint density at radius 3 is 2.50 bits per heavy atom. The fourth-order valence-electron chi connectivity index (χ4n) is 1.60. The van der Waals surface area contributed by atoms with E-state index in [0.29, 0.717) is 18.1 Å². The van der Waals surface area contributed by atoms with Gasteiger partial charge in [0, 0.05) is 18.5 Å². The van der Waals surface area contributed by atoms with E-state index in [1.165, 1.54) is 6.33 Å². The van der Waals surface area contributed by atoms with E-state index in [2.05, 4.69) is 19.9 Å². The van der Waals surface area contributed by atoms with Crippen LogP contribution in [0.4, 0.5) is 13.2 Å². The van der Waals surface area contributed by atoms with E-state index in [0.717, 1.165) is 11.0 Å². The Morgan fingerprint density at radius 2 is 1.80 bits per heavy atom. The number of ether oxygens (including phenoxy) is 1. The maximum atomic E-state index is 12.4. The minimum absolute atomic E-state index is 0.156. The van der Waals surface area contributed by atoms with Gasteiger partial charge in [0.05, 0.1) is 22.9 Å². The average molecular weight is 280 g/mol. The molecule has 102 valence electrons. The zero-order valence-corrected chi connectivity index (χ0v) is 9.85. The molecule has 0 unspecified atom stereocenters. The summed E-state index contributed by atoms with van der Waals surface area (Å²) in [5.74, 6) is 0.404. The van der Waals surface area contributed by atoms with Gasteiger partial charge in [-0.2, -0.15) is 13.2 Å². The van der Waals surface area contributed by atoms with E-state index in [-0.39, 0.29) is 6.01 Å². The van der Waals surface area contributed by atoms with Gasteiger partial charge in [-0.1, -0.05) is 0 Å². The molecule has 0 aliphatic heterocycles. The lowest BCUT2D eigenvalue weighted by molar-refractivity contribution is -0.138. The topological polar surface area (TPSA) is 63.7 Å². The number of nitrogens with zero attached hydrogens (tertiary/aromatic N) is 3. The summed E-state index contributed by atoms with van der Waals surface area (Å²) in [5, 5.41) is 0. The first-order chi connectivity index (χ1) is 9.52. The van der Waals surface area contributed by atoms with Gasteiger partial charge in [-0.05, 0) is 12.1 Å². The fourth-order valence-corrected chi connectivity index (χ4v) is 1.60. The number of H-pyrrole nitrogens is 1. The highest BCUT2D eigenvalue weighted by Gasteiger charge is 2.31. The number of fused-ring (bicyclic) bond motifs is 1. The van der Waals surface area contributed by atoms with E-state index in [1.807, 2.05) is 0 Å². The molecule has 0 bridgehead atoms. The molecule has 0 aliphatic rings. The van der Waals surface area contributed by atoms with Crippen LogP contribution in [0.2, 0.25) is 0 Å². The zero-order chi connectivity index (χ0) is 14.2. The van der Waals surface area contributed by atoms with Crippen LogP contribution in [0.1, 0.15) is 5.56 Å². The Bertz CT molecular complexity index is 736. The second-order valence-electron chi connectivity index (χ2n) is 3.94. The second-order valence-corrected chi connectivity index (χ2v) is 3.94. The Balaban J connectivity index is 1.83. The summed E-state index contributed by atoms with van der Waals surface area (Å²) >= 11 is 0. The smallest absolute Gasteiger partial charge is 0.419 e. The van der Waals surface area contributed by atoms with Crippen LogP contribution in [0.25, 0.3) is 11.0 Å². The van der Waals surface area contributed by atoms with Gasteiger partial charge in [-0.3, -0.25) is 0 Å². The number of benzene rings is 1. The molecule has 3 rings (SSSR count). The van der Waals surface area contributed by atoms with Crippen LogP contribution in [0.3, 0.4) is 0 Å². The summed E-state index contributed by atoms with van der Waals surface area (Å²) in [7, 11) is 0. The minimum Gasteiger partial charge on any atom is -0.424 e. The quantitative estimate of drug-likeness (QED) is 0.783. The van der Waals surface area contributed by atoms with E-state index < -0.39 is 11.7 Å². The third-order valence-corrected chi connectivity index (χ3v) is 2.56. The maximum Gasteiger partial charge on any atom is 0.419 e. The van der Waals surface area contributed by atoms with Gasteiger partial charge >= 0.3 is 12.2 Å². The highest BCUT2D eigenvalue weighted by Crippen LogP contribution is 2.29. The molecule has 0 amide bonds. The van der Waals surface area contributed by atoms with Gasteiger partial charge in [0.25, 0.3) is 0 Å². The third-order valence-electron chi connectivity index (χ3n) is 2.56. The summed E-state index contributed by atoms with van der Waals surface area (Å²) in [6.45, 7) is 0. The minimum atomic E-state index is -4.46. The van der Waals surface area contributed by atoms with Crippen LogP contribution in [0, 0.1) is 0 Å². The predicted octanol–water partition coefficient (Wildman–Crippen LogP) is 3.16. The van der Waals surface area contributed by atoms with Crippen LogP contribution in [0.15, 0.2) is 36.9 Å². The largest absolute Gasteiger partial charge is 0.424 e. The number of hydrogen-bond donors (Lipinski definition) is 1. The number of halogens is 3. The normalized spacial score (nSPS) is 11.8. The molecule has 0 atom stereocenters. The fraction of sp³-hybridized carbons (Fsp3) is 0.0833. The van der Waals surface area contributed by atoms with E-state index in [9.17, 15) is 13.2 Å². The number of aromatic nitrogens is 4. The summed E-state index contributed by atoms with van der Waals surface area (Å²) < 4.78 is 42.3. The molecule has 0 radical (unpaired) electrons. The monoisotopic (exact) mass is 280 g/mol. The molecule has 20 heavy (non-hydrogen) atoms. The molecule has 0 saturated heterocycles. The number of rotatable bonds is 2. The van der Waals surface area contributed by atoms with Gasteiger partial charge in [-0.25, -0.2) is 15.0 Å². The van der Waals surface area contributed by atoms with Crippen LogP contribution in [-0.4, -0.2) is 19.9 Å². The molecule has 0 spiro atoms. The van der Waals surface area contributed by atoms with E-state index in [4.69, 9.17) is 4.74 Å². The SMILES string of the molecule is FC(F)(F)c1cnc(Oc2ccc3nc[nH]c3c2)nc1. The summed E-state index contributed by atoms with van der Waals surface area (Å²) in [6.07, 6.45) is -1.58. The first kappa shape index (κ1) is 12.4. The van der Waals surface area contributed by atoms with Crippen molar-refractivity contribution >= 4 is 11.0 Å². The highest BCUT2D eigenvalue weighted by molar-refractivity contribution is 5.76. The lowest BCUT2D eigenvalue weighted by atomic mass is 10.3. The molecule has 1 aromatic carbocycles. The first-order valence-corrected chi connectivity index (χ1v) is 5.52. The van der Waals surface area contributed by atoms with Gasteiger partial charge in [0.15, 0.2) is 0 Å². The number of imidazole rings is 1. The molecule has 3 aromatic rings. The van der Waals surface area contributed by atoms with Gasteiger partial charge < -0.3 is 9.72 Å². The van der Waals surface area contributed by atoms with Crippen molar-refractivity contribution in [3.63, 3.8) is 0 Å². The van der Waals surface area contributed by atoms with Crippen LogP contribution in [0.5, 0.6) is 11.8 Å². The molecule has 8 heteroatoms. The van der Waals surface area contributed by atoms with Crippen molar-refractivity contribution in [2.24, 2.45) is 0 Å². The molecule has 1 N–H and O–H groups in total. The first-order valence-electron chi connectivity index (χ1n) is 5.52. The second kappa shape index (κ2) is 4.48. The average Bonchev–Trinajstić information content (AvgIpc) is 2.86. The standard InChI is InChI=1S/C12H7F3N4O/c13-12(14,15)7-4-16-11(17-5-7)20-8-1-2-9-10(3-8)19-6-18-9/h1-6H,(H,18,19). The zero-order valence-electron chi connectivity index (χ0n) is 9.85. The van der Waals surface area contributed by atoms with Crippen LogP contribution in [-0.2, 0) is 6.18 Å². The highest BCUT2D eigenvalue weighted by atomic mass is 19.4. The number of nitrogens with one attached hydrogen (secondary N) is 1. The summed E-state index contributed by atoms with van der Waals surface area (Å²) in [4.78, 5) is 14.0. The predicted molar refractivity (Wildman–Crippen MR) is 63.2 cm³/mol. The van der Waals surface area contributed by atoms with Gasteiger partial charge in [0.2, 0.25) is 0 Å². The Kier molecular flexibility index (Phi) is 2.78. The summed E-state index contributed by atoms with van der Waals surface area (Å²) in [6, 6.07) is 4.84. The molecular formula is C12H7F3N4O. The van der Waals surface area contributed by atoms with E-state index >= 15 is 0 Å². The molecule has 2 aromatic heterocycles. The van der Waals surface area contributed by atoms with Gasteiger partial charge in [-0.15, -0.1) is 0 Å². The number of aromatic amines is 1. The van der Waals surface area contributed by atoms with Crippen LogP contribution < -0.4 is 4.74 Å². The number of alkyl halides is 3. The van der Waals surface area contributed by atoms with Crippen LogP contribution >= 0.6 is 0 Å². The summed E-state index contributed by atoms with van der Waals surface area (Å²) in [5.41, 5.74) is 0.578. The third kappa shape index (κ3) is 2.40. The van der Waals surface area contributed by atoms with E-state index in [1.54, 1.807) is 18.2 Å². The van der Waals surface area contributed by atoms with Crippen molar-refractivity contribution in [3.8, 4) is 11.8 Å². The van der Waals surface area contributed by atoms with Crippen molar-refractivity contribution in [1.82, 2.24) is 19.9 Å². The molecule has 0 aliphatic carbocycles. The van der Waals surface area contributed by atoms with Crippen molar-refractivity contribution < 1.29 is 17.9 Å². The molecule has 2 heterocycles. The molecular weight excluding hydrogens is 273 g/mol. The van der Waals surface area contributed by atoms with Crippen molar-refractivity contribution in [2.45, 2.75) is 6.18 Å².